The fourth-order valence-corrected chi connectivity index (χ4v) is 4.53. The predicted molar refractivity (Wildman–Crippen MR) is 113 cm³/mol. The average Bonchev–Trinajstić information content (AvgIpc) is 3.01. The first-order chi connectivity index (χ1) is 14.5. The summed E-state index contributed by atoms with van der Waals surface area (Å²) in [7, 11) is 0. The first-order valence-corrected chi connectivity index (χ1v) is 10.3. The highest BCUT2D eigenvalue weighted by atomic mass is 32.1. The van der Waals surface area contributed by atoms with Gasteiger partial charge in [-0.2, -0.15) is 13.2 Å². The zero-order valence-corrected chi connectivity index (χ0v) is 18.2. The molecule has 1 N–H and O–H groups in total. The van der Waals surface area contributed by atoms with Crippen molar-refractivity contribution in [1.29, 1.82) is 0 Å². The van der Waals surface area contributed by atoms with Gasteiger partial charge >= 0.3 is 12.1 Å². The summed E-state index contributed by atoms with van der Waals surface area (Å²) in [4.78, 5) is 35.1. The van der Waals surface area contributed by atoms with E-state index in [2.05, 4.69) is 15.3 Å². The van der Waals surface area contributed by atoms with Crippen LogP contribution in [0.25, 0.3) is 10.2 Å². The van der Waals surface area contributed by atoms with Crippen LogP contribution in [0.4, 0.5) is 18.9 Å². The second kappa shape index (κ2) is 8.62. The molecule has 0 bridgehead atoms. The maximum Gasteiger partial charge on any atom is 0.471 e. The molecule has 0 unspecified atom stereocenters. The molecule has 2 amide bonds. The molecular formula is C21H21F3N4O2S. The van der Waals surface area contributed by atoms with Gasteiger partial charge < -0.3 is 10.2 Å². The molecule has 2 aromatic heterocycles. The largest absolute Gasteiger partial charge is 0.471 e. The number of nitrogens with zero attached hydrogens (tertiary/aromatic N) is 3. The maximum atomic E-state index is 12.9. The lowest BCUT2D eigenvalue weighted by atomic mass is 10.1. The number of anilines is 1. The highest BCUT2D eigenvalue weighted by molar-refractivity contribution is 7.20. The molecule has 3 rings (SSSR count). The second-order valence-corrected chi connectivity index (χ2v) is 8.06. The van der Waals surface area contributed by atoms with Crippen molar-refractivity contribution in [3.8, 4) is 0 Å². The van der Waals surface area contributed by atoms with Crippen LogP contribution in [0.1, 0.15) is 39.2 Å². The molecule has 0 aliphatic rings. The summed E-state index contributed by atoms with van der Waals surface area (Å²) < 4.78 is 38.3. The Morgan fingerprint density at radius 3 is 2.52 bits per heavy atom. The summed E-state index contributed by atoms with van der Waals surface area (Å²) in [6.45, 7) is 6.66. The van der Waals surface area contributed by atoms with Crippen LogP contribution in [-0.2, 0) is 11.3 Å². The monoisotopic (exact) mass is 450 g/mol. The molecule has 3 aromatic rings. The normalized spacial score (nSPS) is 11.6. The van der Waals surface area contributed by atoms with Crippen LogP contribution in [0.2, 0.25) is 0 Å². The lowest BCUT2D eigenvalue weighted by Crippen LogP contribution is -2.40. The molecule has 0 spiro atoms. The summed E-state index contributed by atoms with van der Waals surface area (Å²) in [5.74, 6) is -1.61. The molecule has 1 aromatic carbocycles. The first-order valence-electron chi connectivity index (χ1n) is 9.52. The zero-order chi connectivity index (χ0) is 22.9. The van der Waals surface area contributed by atoms with Gasteiger partial charge in [0.15, 0.2) is 0 Å². The Morgan fingerprint density at radius 1 is 1.16 bits per heavy atom. The first kappa shape index (κ1) is 22.7. The number of hydrogen-bond acceptors (Lipinski definition) is 5. The van der Waals surface area contributed by atoms with E-state index in [-0.39, 0.29) is 19.0 Å². The van der Waals surface area contributed by atoms with Gasteiger partial charge in [0.05, 0.1) is 4.88 Å². The highest BCUT2D eigenvalue weighted by Gasteiger charge is 2.41. The van der Waals surface area contributed by atoms with Crippen molar-refractivity contribution in [3.05, 3.63) is 51.8 Å². The Bertz CT molecular complexity index is 1160. The van der Waals surface area contributed by atoms with E-state index in [0.717, 1.165) is 21.5 Å². The van der Waals surface area contributed by atoms with Crippen molar-refractivity contribution in [2.75, 3.05) is 11.9 Å². The van der Waals surface area contributed by atoms with Gasteiger partial charge in [-0.15, -0.1) is 11.3 Å². The maximum absolute atomic E-state index is 12.9. The van der Waals surface area contributed by atoms with E-state index in [1.807, 2.05) is 13.8 Å². The summed E-state index contributed by atoms with van der Waals surface area (Å²) in [5.41, 5.74) is 2.47. The lowest BCUT2D eigenvalue weighted by Gasteiger charge is -2.22. The van der Waals surface area contributed by atoms with Crippen LogP contribution >= 0.6 is 11.3 Å². The molecule has 10 heteroatoms. The quantitative estimate of drug-likeness (QED) is 0.607. The topological polar surface area (TPSA) is 75.2 Å². The van der Waals surface area contributed by atoms with Crippen molar-refractivity contribution >= 4 is 39.1 Å². The van der Waals surface area contributed by atoms with Gasteiger partial charge in [0.25, 0.3) is 5.91 Å². The van der Waals surface area contributed by atoms with Gasteiger partial charge in [-0.05, 0) is 51.0 Å². The Morgan fingerprint density at radius 2 is 1.87 bits per heavy atom. The molecule has 0 radical (unpaired) electrons. The Kier molecular flexibility index (Phi) is 6.30. The number of thiophene rings is 1. The van der Waals surface area contributed by atoms with Gasteiger partial charge in [0.2, 0.25) is 0 Å². The Labute approximate surface area is 181 Å². The van der Waals surface area contributed by atoms with E-state index < -0.39 is 12.1 Å². The standard InChI is InChI=1S/C21H21F3N4O2S/c1-5-28(20(30)21(22,23)24)10-14-7-6-8-15(9-14)27-18(29)17-11(2)16-12(3)25-13(4)26-19(16)31-17/h6-9H,5,10H2,1-4H3,(H,27,29). The molecule has 0 aliphatic carbocycles. The number of fused-ring (bicyclic) bond motifs is 1. The summed E-state index contributed by atoms with van der Waals surface area (Å²) in [6.07, 6.45) is -4.93. The fourth-order valence-electron chi connectivity index (χ4n) is 3.35. The number of hydrogen-bond donors (Lipinski definition) is 1. The van der Waals surface area contributed by atoms with Crippen LogP contribution in [-0.4, -0.2) is 39.4 Å². The number of amides is 2. The van der Waals surface area contributed by atoms with Crippen LogP contribution in [0.15, 0.2) is 24.3 Å². The molecule has 0 aliphatic heterocycles. The Balaban J connectivity index is 1.82. The summed E-state index contributed by atoms with van der Waals surface area (Å²) in [5, 5.41) is 3.63. The highest BCUT2D eigenvalue weighted by Crippen LogP contribution is 2.32. The van der Waals surface area contributed by atoms with Crippen molar-refractivity contribution < 1.29 is 22.8 Å². The van der Waals surface area contributed by atoms with E-state index >= 15 is 0 Å². The van der Waals surface area contributed by atoms with Crippen molar-refractivity contribution in [2.45, 2.75) is 40.4 Å². The van der Waals surface area contributed by atoms with Crippen LogP contribution < -0.4 is 5.32 Å². The number of aromatic nitrogens is 2. The number of benzene rings is 1. The molecule has 0 saturated carbocycles. The van der Waals surface area contributed by atoms with Crippen molar-refractivity contribution in [3.63, 3.8) is 0 Å². The minimum Gasteiger partial charge on any atom is -0.331 e. The number of carbonyl (C=O) groups is 2. The molecule has 0 saturated heterocycles. The smallest absolute Gasteiger partial charge is 0.331 e. The number of carbonyl (C=O) groups excluding carboxylic acids is 2. The van der Waals surface area contributed by atoms with Gasteiger partial charge in [0.1, 0.15) is 10.7 Å². The number of nitrogens with one attached hydrogen (secondary N) is 1. The molecule has 164 valence electrons. The van der Waals surface area contributed by atoms with Gasteiger partial charge in [-0.3, -0.25) is 9.59 Å². The van der Waals surface area contributed by atoms with E-state index in [4.69, 9.17) is 0 Å². The number of aryl methyl sites for hydroxylation is 3. The minimum atomic E-state index is -4.93. The molecule has 0 atom stereocenters. The molecule has 2 heterocycles. The fraction of sp³-hybridized carbons (Fsp3) is 0.333. The van der Waals surface area contributed by atoms with E-state index in [0.29, 0.717) is 26.9 Å². The van der Waals surface area contributed by atoms with Crippen LogP contribution in [0.3, 0.4) is 0 Å². The number of rotatable bonds is 5. The molecular weight excluding hydrogens is 429 g/mol. The third-order valence-electron chi connectivity index (χ3n) is 4.76. The van der Waals surface area contributed by atoms with Crippen molar-refractivity contribution in [1.82, 2.24) is 14.9 Å². The van der Waals surface area contributed by atoms with Crippen LogP contribution in [0.5, 0.6) is 0 Å². The zero-order valence-electron chi connectivity index (χ0n) is 17.4. The average molecular weight is 450 g/mol. The predicted octanol–water partition coefficient (Wildman–Crippen LogP) is 4.78. The van der Waals surface area contributed by atoms with E-state index in [1.54, 1.807) is 31.2 Å². The minimum absolute atomic E-state index is 0.0876. The number of halogens is 3. The van der Waals surface area contributed by atoms with Gasteiger partial charge in [-0.25, -0.2) is 9.97 Å². The SMILES string of the molecule is CCN(Cc1cccc(NC(=O)c2sc3nc(C)nc(C)c3c2C)c1)C(=O)C(F)(F)F. The van der Waals surface area contributed by atoms with Crippen molar-refractivity contribution in [2.24, 2.45) is 0 Å². The lowest BCUT2D eigenvalue weighted by molar-refractivity contribution is -0.185. The van der Waals surface area contributed by atoms with E-state index in [1.165, 1.54) is 18.3 Å². The Hall–Kier alpha value is -3.01. The second-order valence-electron chi connectivity index (χ2n) is 7.06. The summed E-state index contributed by atoms with van der Waals surface area (Å²) >= 11 is 1.26. The molecule has 31 heavy (non-hydrogen) atoms. The van der Waals surface area contributed by atoms with Gasteiger partial charge in [0, 0.05) is 29.9 Å². The summed E-state index contributed by atoms with van der Waals surface area (Å²) in [6, 6.07) is 6.42. The third-order valence-corrected chi connectivity index (χ3v) is 5.94. The molecule has 0 fully saturated rings. The van der Waals surface area contributed by atoms with Gasteiger partial charge in [-0.1, -0.05) is 12.1 Å². The third kappa shape index (κ3) is 4.84. The van der Waals surface area contributed by atoms with Crippen LogP contribution in [0, 0.1) is 20.8 Å². The number of alkyl halides is 3. The molecule has 6 nitrogen and oxygen atoms in total. The van der Waals surface area contributed by atoms with E-state index in [9.17, 15) is 22.8 Å².